The minimum atomic E-state index is -0.0524. The largest absolute Gasteiger partial charge is 0.462 e. The molecule has 0 aliphatic heterocycles. The highest BCUT2D eigenvalue weighted by Gasteiger charge is 2.32. The second-order valence-electron chi connectivity index (χ2n) is 8.02. The zero-order chi connectivity index (χ0) is 18.4. The molecule has 0 heterocycles. The van der Waals surface area contributed by atoms with Gasteiger partial charge in [-0.25, -0.2) is 0 Å². The van der Waals surface area contributed by atoms with Crippen molar-refractivity contribution >= 4 is 21.9 Å². The van der Waals surface area contributed by atoms with Gasteiger partial charge in [-0.3, -0.25) is 4.79 Å². The second-order valence-corrected chi connectivity index (χ2v) is 8.93. The van der Waals surface area contributed by atoms with Crippen molar-refractivity contribution < 1.29 is 9.53 Å². The molecular formula is C23H31BrO2. The lowest BCUT2D eigenvalue weighted by Gasteiger charge is -2.37. The van der Waals surface area contributed by atoms with Crippen molar-refractivity contribution in [1.29, 1.82) is 0 Å². The van der Waals surface area contributed by atoms with Gasteiger partial charge in [-0.05, 0) is 93.2 Å². The highest BCUT2D eigenvalue weighted by Crippen LogP contribution is 2.43. The first kappa shape index (κ1) is 19.7. The minimum Gasteiger partial charge on any atom is -0.462 e. The van der Waals surface area contributed by atoms with E-state index < -0.39 is 0 Å². The first-order valence-electron chi connectivity index (χ1n) is 10.2. The summed E-state index contributed by atoms with van der Waals surface area (Å²) in [6.45, 7) is 3.66. The van der Waals surface area contributed by atoms with Gasteiger partial charge in [0, 0.05) is 10.9 Å². The number of hydrogen-bond donors (Lipinski definition) is 0. The van der Waals surface area contributed by atoms with Crippen molar-refractivity contribution in [3.63, 3.8) is 0 Å². The number of esters is 1. The zero-order valence-corrected chi connectivity index (χ0v) is 17.3. The molecule has 1 aromatic carbocycles. The Labute approximate surface area is 166 Å². The number of allylic oxidation sites excluding steroid dienone is 1. The first-order chi connectivity index (χ1) is 12.7. The predicted molar refractivity (Wildman–Crippen MR) is 110 cm³/mol. The summed E-state index contributed by atoms with van der Waals surface area (Å²) in [5, 5.41) is 0. The lowest BCUT2D eigenvalue weighted by Crippen LogP contribution is -2.29. The maximum atomic E-state index is 11.8. The van der Waals surface area contributed by atoms with E-state index in [9.17, 15) is 4.79 Å². The van der Waals surface area contributed by atoms with Crippen LogP contribution >= 0.6 is 15.9 Å². The van der Waals surface area contributed by atoms with Gasteiger partial charge in [-0.2, -0.15) is 0 Å². The van der Waals surface area contributed by atoms with Gasteiger partial charge >= 0.3 is 5.97 Å². The molecule has 3 rings (SSSR count). The number of carbonyl (C=O) groups excluding carboxylic acids is 1. The van der Waals surface area contributed by atoms with Gasteiger partial charge in [0.25, 0.3) is 0 Å². The van der Waals surface area contributed by atoms with Crippen LogP contribution in [0, 0.1) is 11.8 Å². The van der Waals surface area contributed by atoms with Gasteiger partial charge in [-0.15, -0.1) is 6.58 Å². The Morgan fingerprint density at radius 2 is 1.58 bits per heavy atom. The Balaban J connectivity index is 1.40. The van der Waals surface area contributed by atoms with Gasteiger partial charge in [0.2, 0.25) is 0 Å². The molecule has 2 fully saturated rings. The highest BCUT2D eigenvalue weighted by molar-refractivity contribution is 9.10. The van der Waals surface area contributed by atoms with Crippen molar-refractivity contribution in [2.75, 3.05) is 0 Å². The zero-order valence-electron chi connectivity index (χ0n) is 15.7. The van der Waals surface area contributed by atoms with E-state index in [2.05, 4.69) is 46.8 Å². The van der Waals surface area contributed by atoms with Crippen LogP contribution in [0.15, 0.2) is 41.4 Å². The fourth-order valence-corrected chi connectivity index (χ4v) is 5.07. The Hall–Kier alpha value is -1.09. The number of benzene rings is 1. The van der Waals surface area contributed by atoms with Crippen molar-refractivity contribution in [2.45, 2.75) is 76.2 Å². The summed E-state index contributed by atoms with van der Waals surface area (Å²) >= 11 is 3.53. The molecule has 0 radical (unpaired) electrons. The molecule has 0 atom stereocenters. The molecule has 2 aliphatic rings. The SMILES string of the molecule is C=CCCC(=O)O[C@H]1CC[C@H]([C@H]2CC[C@H](c3ccc(Br)cc3)CC2)CC1. The summed E-state index contributed by atoms with van der Waals surface area (Å²) < 4.78 is 6.79. The number of halogens is 1. The second kappa shape index (κ2) is 9.73. The van der Waals surface area contributed by atoms with Crippen molar-refractivity contribution in [2.24, 2.45) is 11.8 Å². The van der Waals surface area contributed by atoms with Crippen LogP contribution in [-0.4, -0.2) is 12.1 Å². The van der Waals surface area contributed by atoms with E-state index in [1.54, 1.807) is 6.08 Å². The van der Waals surface area contributed by atoms with E-state index in [0.29, 0.717) is 6.42 Å². The lowest BCUT2D eigenvalue weighted by molar-refractivity contribution is -0.151. The molecule has 26 heavy (non-hydrogen) atoms. The number of ether oxygens (including phenoxy) is 1. The average molecular weight is 419 g/mol. The monoisotopic (exact) mass is 418 g/mol. The Kier molecular flexibility index (Phi) is 7.36. The van der Waals surface area contributed by atoms with E-state index >= 15 is 0 Å². The van der Waals surface area contributed by atoms with E-state index in [0.717, 1.165) is 41.5 Å². The topological polar surface area (TPSA) is 26.3 Å². The van der Waals surface area contributed by atoms with E-state index in [1.165, 1.54) is 44.1 Å². The molecule has 2 nitrogen and oxygen atoms in total. The quantitative estimate of drug-likeness (QED) is 0.375. The summed E-state index contributed by atoms with van der Waals surface area (Å²) in [5.41, 5.74) is 1.50. The molecule has 0 bridgehead atoms. The molecule has 2 saturated carbocycles. The molecule has 0 unspecified atom stereocenters. The normalized spacial score (nSPS) is 29.1. The van der Waals surface area contributed by atoms with Crippen LogP contribution in [0.1, 0.15) is 75.7 Å². The van der Waals surface area contributed by atoms with Crippen LogP contribution in [0.5, 0.6) is 0 Å². The van der Waals surface area contributed by atoms with E-state index in [4.69, 9.17) is 4.74 Å². The van der Waals surface area contributed by atoms with Crippen LogP contribution in [0.25, 0.3) is 0 Å². The minimum absolute atomic E-state index is 0.0524. The van der Waals surface area contributed by atoms with Gasteiger partial charge in [0.1, 0.15) is 6.10 Å². The third kappa shape index (κ3) is 5.45. The number of hydrogen-bond acceptors (Lipinski definition) is 2. The maximum Gasteiger partial charge on any atom is 0.306 e. The molecule has 142 valence electrons. The summed E-state index contributed by atoms with van der Waals surface area (Å²) in [6, 6.07) is 8.89. The fraction of sp³-hybridized carbons (Fsp3) is 0.609. The van der Waals surface area contributed by atoms with Gasteiger partial charge in [0.15, 0.2) is 0 Å². The first-order valence-corrected chi connectivity index (χ1v) is 11.0. The maximum absolute atomic E-state index is 11.8. The van der Waals surface area contributed by atoms with Crippen molar-refractivity contribution in [3.8, 4) is 0 Å². The van der Waals surface area contributed by atoms with Crippen LogP contribution in [0.4, 0.5) is 0 Å². The van der Waals surface area contributed by atoms with Crippen LogP contribution < -0.4 is 0 Å². The number of rotatable bonds is 6. The van der Waals surface area contributed by atoms with Crippen molar-refractivity contribution in [3.05, 3.63) is 47.0 Å². The third-order valence-electron chi connectivity index (χ3n) is 6.35. The molecule has 0 amide bonds. The standard InChI is InChI=1S/C23H31BrO2/c1-2-3-4-23(25)26-22-15-11-20(12-16-22)18-7-5-17(6-8-18)19-9-13-21(24)14-10-19/h2,9-10,13-14,17-18,20,22H,1,3-8,11-12,15-16H2/t17-,18-,20-,22-. The molecular weight excluding hydrogens is 388 g/mol. The lowest BCUT2D eigenvalue weighted by atomic mass is 9.69. The molecule has 0 saturated heterocycles. The third-order valence-corrected chi connectivity index (χ3v) is 6.88. The summed E-state index contributed by atoms with van der Waals surface area (Å²) in [7, 11) is 0. The summed E-state index contributed by atoms with van der Waals surface area (Å²) in [4.78, 5) is 11.8. The number of carbonyl (C=O) groups is 1. The molecule has 3 heteroatoms. The van der Waals surface area contributed by atoms with Crippen LogP contribution in [0.2, 0.25) is 0 Å². The van der Waals surface area contributed by atoms with E-state index in [-0.39, 0.29) is 12.1 Å². The molecule has 2 aliphatic carbocycles. The Morgan fingerprint density at radius 1 is 1.00 bits per heavy atom. The Morgan fingerprint density at radius 3 is 2.15 bits per heavy atom. The van der Waals surface area contributed by atoms with Gasteiger partial charge in [-0.1, -0.05) is 34.1 Å². The molecule has 0 aromatic heterocycles. The van der Waals surface area contributed by atoms with Crippen LogP contribution in [0.3, 0.4) is 0 Å². The molecule has 0 N–H and O–H groups in total. The fourth-order valence-electron chi connectivity index (χ4n) is 4.80. The summed E-state index contributed by atoms with van der Waals surface area (Å²) in [5.74, 6) is 2.40. The van der Waals surface area contributed by atoms with Gasteiger partial charge in [0.05, 0.1) is 0 Å². The van der Waals surface area contributed by atoms with Crippen LogP contribution in [-0.2, 0) is 9.53 Å². The summed E-state index contributed by atoms with van der Waals surface area (Å²) in [6.07, 6.45) is 13.1. The average Bonchev–Trinajstić information content (AvgIpc) is 2.68. The molecule has 0 spiro atoms. The Bertz CT molecular complexity index is 579. The predicted octanol–water partition coefficient (Wildman–Crippen LogP) is 6.79. The van der Waals surface area contributed by atoms with Gasteiger partial charge < -0.3 is 4.74 Å². The smallest absolute Gasteiger partial charge is 0.306 e. The molecule has 1 aromatic rings. The highest BCUT2D eigenvalue weighted by atomic mass is 79.9. The van der Waals surface area contributed by atoms with E-state index in [1.807, 2.05) is 0 Å². The van der Waals surface area contributed by atoms with Crippen molar-refractivity contribution in [1.82, 2.24) is 0 Å².